The number of carboxylic acids is 1. The maximum atomic E-state index is 11.4. The van der Waals surface area contributed by atoms with Gasteiger partial charge in [0.05, 0.1) is 12.7 Å². The molecule has 0 aliphatic rings. The summed E-state index contributed by atoms with van der Waals surface area (Å²) in [6.45, 7) is 2.09. The zero-order valence-electron chi connectivity index (χ0n) is 11.7. The Morgan fingerprint density at radius 1 is 1.15 bits per heavy atom. The van der Waals surface area contributed by atoms with Crippen LogP contribution in [0.1, 0.15) is 34.3 Å². The molecule has 1 N–H and O–H groups in total. The second-order valence-corrected chi connectivity index (χ2v) is 4.81. The molecule has 0 aliphatic heterocycles. The Morgan fingerprint density at radius 2 is 1.85 bits per heavy atom. The van der Waals surface area contributed by atoms with Crippen LogP contribution in [-0.2, 0) is 6.42 Å². The topological polar surface area (TPSA) is 46.5 Å². The Morgan fingerprint density at radius 3 is 2.45 bits per heavy atom. The second-order valence-electron chi connectivity index (χ2n) is 4.81. The predicted octanol–water partition coefficient (Wildman–Crippen LogP) is 3.74. The molecule has 0 spiro atoms. The molecule has 2 aromatic carbocycles. The minimum absolute atomic E-state index is 0.227. The van der Waals surface area contributed by atoms with Crippen molar-refractivity contribution in [1.82, 2.24) is 0 Å². The van der Waals surface area contributed by atoms with Crippen molar-refractivity contribution in [3.05, 3.63) is 65.2 Å². The van der Waals surface area contributed by atoms with Crippen LogP contribution in [0, 0.1) is 0 Å². The number of carbonyl (C=O) groups is 1. The maximum Gasteiger partial charge on any atom is 0.336 e. The first-order valence-corrected chi connectivity index (χ1v) is 6.57. The monoisotopic (exact) mass is 270 g/mol. The van der Waals surface area contributed by atoms with Crippen molar-refractivity contribution in [2.45, 2.75) is 19.3 Å². The highest BCUT2D eigenvalue weighted by Crippen LogP contribution is 2.29. The zero-order chi connectivity index (χ0) is 14.5. The summed E-state index contributed by atoms with van der Waals surface area (Å²) >= 11 is 0. The van der Waals surface area contributed by atoms with E-state index >= 15 is 0 Å². The summed E-state index contributed by atoms with van der Waals surface area (Å²) in [6, 6.07) is 15.2. The van der Waals surface area contributed by atoms with Gasteiger partial charge >= 0.3 is 5.97 Å². The van der Waals surface area contributed by atoms with Crippen LogP contribution in [0.2, 0.25) is 0 Å². The van der Waals surface area contributed by atoms with Gasteiger partial charge in [0.25, 0.3) is 0 Å². The largest absolute Gasteiger partial charge is 0.496 e. The van der Waals surface area contributed by atoms with Crippen molar-refractivity contribution >= 4 is 5.97 Å². The van der Waals surface area contributed by atoms with Crippen molar-refractivity contribution in [3.8, 4) is 5.75 Å². The average molecular weight is 270 g/mol. The first kappa shape index (κ1) is 14.1. The molecule has 0 saturated heterocycles. The molecule has 0 radical (unpaired) electrons. The molecular weight excluding hydrogens is 252 g/mol. The van der Waals surface area contributed by atoms with Crippen molar-refractivity contribution < 1.29 is 14.6 Å². The Bertz CT molecular complexity index is 590. The van der Waals surface area contributed by atoms with Gasteiger partial charge in [-0.15, -0.1) is 0 Å². The second kappa shape index (κ2) is 6.24. The molecule has 0 heterocycles. The predicted molar refractivity (Wildman–Crippen MR) is 78.5 cm³/mol. The van der Waals surface area contributed by atoms with Gasteiger partial charge in [-0.1, -0.05) is 43.3 Å². The SMILES string of the molecule is COc1cccc(C(=O)O)c1CC(C)c1ccccc1. The first-order valence-electron chi connectivity index (χ1n) is 6.57. The lowest BCUT2D eigenvalue weighted by atomic mass is 9.91. The lowest BCUT2D eigenvalue weighted by Crippen LogP contribution is -2.08. The molecule has 3 heteroatoms. The molecule has 0 saturated carbocycles. The molecular formula is C17H18O3. The minimum atomic E-state index is -0.917. The van der Waals surface area contributed by atoms with E-state index in [1.54, 1.807) is 25.3 Å². The van der Waals surface area contributed by atoms with Crippen LogP contribution in [-0.4, -0.2) is 18.2 Å². The summed E-state index contributed by atoms with van der Waals surface area (Å²) in [5.41, 5.74) is 2.25. The Labute approximate surface area is 118 Å². The molecule has 2 rings (SSSR count). The number of rotatable bonds is 5. The smallest absolute Gasteiger partial charge is 0.336 e. The molecule has 0 bridgehead atoms. The summed E-state index contributed by atoms with van der Waals surface area (Å²) in [5, 5.41) is 9.31. The third-order valence-electron chi connectivity index (χ3n) is 3.46. The summed E-state index contributed by atoms with van der Waals surface area (Å²) in [6.07, 6.45) is 0.635. The Hall–Kier alpha value is -2.29. The summed E-state index contributed by atoms with van der Waals surface area (Å²) in [5.74, 6) is -0.0579. The Kier molecular flexibility index (Phi) is 4.41. The lowest BCUT2D eigenvalue weighted by molar-refractivity contribution is 0.0695. The van der Waals surface area contributed by atoms with Gasteiger partial charge in [-0.25, -0.2) is 4.79 Å². The van der Waals surface area contributed by atoms with E-state index < -0.39 is 5.97 Å². The number of carboxylic acid groups (broad SMARTS) is 1. The van der Waals surface area contributed by atoms with Crippen LogP contribution < -0.4 is 4.74 Å². The van der Waals surface area contributed by atoms with E-state index in [2.05, 4.69) is 19.1 Å². The summed E-state index contributed by atoms with van der Waals surface area (Å²) < 4.78 is 5.31. The number of methoxy groups -OCH3 is 1. The maximum absolute atomic E-state index is 11.4. The van der Waals surface area contributed by atoms with Crippen LogP contribution in [0.4, 0.5) is 0 Å². The summed E-state index contributed by atoms with van der Waals surface area (Å²) in [7, 11) is 1.57. The van der Waals surface area contributed by atoms with Crippen molar-refractivity contribution in [2.75, 3.05) is 7.11 Å². The number of hydrogen-bond donors (Lipinski definition) is 1. The fourth-order valence-corrected chi connectivity index (χ4v) is 2.37. The highest BCUT2D eigenvalue weighted by Gasteiger charge is 2.17. The van der Waals surface area contributed by atoms with Gasteiger partial charge in [-0.2, -0.15) is 0 Å². The van der Waals surface area contributed by atoms with Crippen LogP contribution in [0.5, 0.6) is 5.75 Å². The van der Waals surface area contributed by atoms with Gasteiger partial charge in [0.1, 0.15) is 5.75 Å². The number of ether oxygens (including phenoxy) is 1. The minimum Gasteiger partial charge on any atom is -0.496 e. The van der Waals surface area contributed by atoms with Crippen molar-refractivity contribution in [3.63, 3.8) is 0 Å². The molecule has 1 unspecified atom stereocenters. The third kappa shape index (κ3) is 2.99. The molecule has 20 heavy (non-hydrogen) atoms. The summed E-state index contributed by atoms with van der Waals surface area (Å²) in [4.78, 5) is 11.4. The van der Waals surface area contributed by atoms with E-state index in [0.717, 1.165) is 5.56 Å². The fraction of sp³-hybridized carbons (Fsp3) is 0.235. The van der Waals surface area contributed by atoms with Crippen LogP contribution in [0.25, 0.3) is 0 Å². The van der Waals surface area contributed by atoms with Gasteiger partial charge in [-0.05, 0) is 30.0 Å². The quantitative estimate of drug-likeness (QED) is 0.900. The molecule has 1 atom stereocenters. The number of hydrogen-bond acceptors (Lipinski definition) is 2. The molecule has 2 aromatic rings. The van der Waals surface area contributed by atoms with E-state index in [-0.39, 0.29) is 5.92 Å². The highest BCUT2D eigenvalue weighted by atomic mass is 16.5. The molecule has 0 fully saturated rings. The third-order valence-corrected chi connectivity index (χ3v) is 3.46. The first-order chi connectivity index (χ1) is 9.63. The van der Waals surface area contributed by atoms with Crippen molar-refractivity contribution in [2.24, 2.45) is 0 Å². The Balaban J connectivity index is 2.35. The van der Waals surface area contributed by atoms with E-state index in [1.807, 2.05) is 18.2 Å². The van der Waals surface area contributed by atoms with E-state index in [4.69, 9.17) is 4.74 Å². The highest BCUT2D eigenvalue weighted by molar-refractivity contribution is 5.90. The average Bonchev–Trinajstić information content (AvgIpc) is 2.48. The van der Waals surface area contributed by atoms with Gasteiger partial charge in [0.15, 0.2) is 0 Å². The molecule has 104 valence electrons. The number of aromatic carboxylic acids is 1. The molecule has 0 amide bonds. The van der Waals surface area contributed by atoms with Gasteiger partial charge in [-0.3, -0.25) is 0 Å². The number of benzene rings is 2. The molecule has 3 nitrogen and oxygen atoms in total. The van der Waals surface area contributed by atoms with Gasteiger partial charge in [0, 0.05) is 5.56 Å². The van der Waals surface area contributed by atoms with E-state index in [1.165, 1.54) is 5.56 Å². The van der Waals surface area contributed by atoms with Crippen molar-refractivity contribution in [1.29, 1.82) is 0 Å². The van der Waals surface area contributed by atoms with Gasteiger partial charge < -0.3 is 9.84 Å². The van der Waals surface area contributed by atoms with Crippen LogP contribution in [0.15, 0.2) is 48.5 Å². The van der Waals surface area contributed by atoms with E-state index in [0.29, 0.717) is 17.7 Å². The normalized spacial score (nSPS) is 11.9. The zero-order valence-corrected chi connectivity index (χ0v) is 11.7. The van der Waals surface area contributed by atoms with Gasteiger partial charge in [0.2, 0.25) is 0 Å². The molecule has 0 aliphatic carbocycles. The fourth-order valence-electron chi connectivity index (χ4n) is 2.37. The molecule has 0 aromatic heterocycles. The van der Waals surface area contributed by atoms with E-state index in [9.17, 15) is 9.90 Å². The van der Waals surface area contributed by atoms with Crippen LogP contribution in [0.3, 0.4) is 0 Å². The standard InChI is InChI=1S/C17H18O3/c1-12(13-7-4-3-5-8-13)11-15-14(17(18)19)9-6-10-16(15)20-2/h3-10,12H,11H2,1-2H3,(H,18,19). The van der Waals surface area contributed by atoms with Crippen LogP contribution >= 0.6 is 0 Å². The lowest BCUT2D eigenvalue weighted by Gasteiger charge is -2.16.